The Kier molecular flexibility index (Phi) is 6.36. The molecule has 1 unspecified atom stereocenters. The van der Waals surface area contributed by atoms with E-state index >= 15 is 0 Å². The zero-order valence-corrected chi connectivity index (χ0v) is 17.7. The van der Waals surface area contributed by atoms with Crippen LogP contribution in [0.15, 0.2) is 83.8 Å². The Morgan fingerprint density at radius 2 is 1.50 bits per heavy atom. The fourth-order valence-corrected chi connectivity index (χ4v) is 3.91. The molecule has 0 fully saturated rings. The molecule has 0 aliphatic rings. The van der Waals surface area contributed by atoms with Gasteiger partial charge < -0.3 is 10.3 Å². The van der Waals surface area contributed by atoms with Crippen LogP contribution in [0, 0.1) is 5.82 Å². The molecule has 162 valence electrons. The van der Waals surface area contributed by atoms with E-state index in [4.69, 9.17) is 5.73 Å². The average Bonchev–Trinajstić information content (AvgIpc) is 2.80. The van der Waals surface area contributed by atoms with Crippen LogP contribution in [0.25, 0.3) is 27.9 Å². The summed E-state index contributed by atoms with van der Waals surface area (Å²) in [5, 5.41) is 4.36. The first-order chi connectivity index (χ1) is 15.5. The lowest BCUT2D eigenvalue weighted by molar-refractivity contribution is 0.536. The SMILES string of the molecule is NCc1ccc(-n2ncc(-c3ccc(CS(=O)[O-])cc3)c(-c3ccc(F)cc3)c2=O)cc1. The lowest BCUT2D eigenvalue weighted by Crippen LogP contribution is -2.23. The van der Waals surface area contributed by atoms with Crippen LogP contribution >= 0.6 is 0 Å². The zero-order valence-electron chi connectivity index (χ0n) is 16.9. The quantitative estimate of drug-likeness (QED) is 0.455. The molecule has 8 heteroatoms. The van der Waals surface area contributed by atoms with Crippen LogP contribution in [0.4, 0.5) is 4.39 Å². The molecule has 4 rings (SSSR count). The van der Waals surface area contributed by atoms with Gasteiger partial charge in [-0.25, -0.2) is 4.39 Å². The molecule has 0 bridgehead atoms. The maximum absolute atomic E-state index is 13.5. The summed E-state index contributed by atoms with van der Waals surface area (Å²) in [5.74, 6) is -0.499. The summed E-state index contributed by atoms with van der Waals surface area (Å²) in [6.07, 6.45) is 1.58. The van der Waals surface area contributed by atoms with E-state index in [1.54, 1.807) is 54.7 Å². The van der Waals surface area contributed by atoms with E-state index < -0.39 is 16.9 Å². The first kappa shape index (κ1) is 21.8. The topological polar surface area (TPSA) is 101 Å². The minimum Gasteiger partial charge on any atom is -0.772 e. The number of hydrogen-bond acceptors (Lipinski definition) is 5. The highest BCUT2D eigenvalue weighted by atomic mass is 32.2. The summed E-state index contributed by atoms with van der Waals surface area (Å²) < 4.78 is 36.7. The van der Waals surface area contributed by atoms with Crippen molar-refractivity contribution >= 4 is 11.1 Å². The summed E-state index contributed by atoms with van der Waals surface area (Å²) in [5.41, 5.74) is 9.60. The van der Waals surface area contributed by atoms with Gasteiger partial charge in [-0.3, -0.25) is 9.00 Å². The predicted octanol–water partition coefficient (Wildman–Crippen LogP) is 3.54. The number of hydrogen-bond donors (Lipinski definition) is 1. The van der Waals surface area contributed by atoms with E-state index in [2.05, 4.69) is 5.10 Å². The molecule has 1 atom stereocenters. The van der Waals surface area contributed by atoms with E-state index in [9.17, 15) is 17.9 Å². The first-order valence-corrected chi connectivity index (χ1v) is 11.0. The molecule has 0 saturated heterocycles. The molecule has 0 saturated carbocycles. The monoisotopic (exact) mass is 448 g/mol. The van der Waals surface area contributed by atoms with Crippen LogP contribution in [0.5, 0.6) is 0 Å². The Labute approximate surface area is 186 Å². The van der Waals surface area contributed by atoms with Crippen molar-refractivity contribution in [2.75, 3.05) is 0 Å². The van der Waals surface area contributed by atoms with Crippen molar-refractivity contribution in [1.82, 2.24) is 9.78 Å². The normalized spacial score (nSPS) is 12.0. The largest absolute Gasteiger partial charge is 0.772 e. The highest BCUT2D eigenvalue weighted by Crippen LogP contribution is 2.29. The van der Waals surface area contributed by atoms with E-state index in [0.717, 1.165) is 5.56 Å². The van der Waals surface area contributed by atoms with Crippen LogP contribution in [0.1, 0.15) is 11.1 Å². The lowest BCUT2D eigenvalue weighted by atomic mass is 9.96. The number of aromatic nitrogens is 2. The van der Waals surface area contributed by atoms with Crippen LogP contribution in [-0.2, 0) is 23.4 Å². The maximum Gasteiger partial charge on any atom is 0.279 e. The minimum atomic E-state index is -2.19. The van der Waals surface area contributed by atoms with Gasteiger partial charge in [-0.2, -0.15) is 9.78 Å². The molecule has 0 radical (unpaired) electrons. The van der Waals surface area contributed by atoms with Gasteiger partial charge >= 0.3 is 0 Å². The van der Waals surface area contributed by atoms with Gasteiger partial charge in [0.2, 0.25) is 0 Å². The van der Waals surface area contributed by atoms with Crippen molar-refractivity contribution in [3.63, 3.8) is 0 Å². The van der Waals surface area contributed by atoms with Gasteiger partial charge in [-0.05, 0) is 46.5 Å². The van der Waals surface area contributed by atoms with Gasteiger partial charge in [0.25, 0.3) is 5.56 Å². The second kappa shape index (κ2) is 9.35. The molecule has 0 amide bonds. The second-order valence-corrected chi connectivity index (χ2v) is 8.07. The van der Waals surface area contributed by atoms with Gasteiger partial charge in [-0.15, -0.1) is 0 Å². The van der Waals surface area contributed by atoms with Crippen LogP contribution in [-0.4, -0.2) is 18.5 Å². The maximum atomic E-state index is 13.5. The fourth-order valence-electron chi connectivity index (χ4n) is 3.44. The third kappa shape index (κ3) is 4.57. The molecular weight excluding hydrogens is 429 g/mol. The highest BCUT2D eigenvalue weighted by Gasteiger charge is 2.16. The molecule has 2 N–H and O–H groups in total. The summed E-state index contributed by atoms with van der Waals surface area (Å²) in [7, 11) is 0. The first-order valence-electron chi connectivity index (χ1n) is 9.79. The summed E-state index contributed by atoms with van der Waals surface area (Å²) in [6.45, 7) is 0.387. The summed E-state index contributed by atoms with van der Waals surface area (Å²) in [4.78, 5) is 13.5. The molecule has 6 nitrogen and oxygen atoms in total. The smallest absolute Gasteiger partial charge is 0.279 e. The van der Waals surface area contributed by atoms with Crippen molar-refractivity contribution in [3.8, 4) is 27.9 Å². The third-order valence-corrected chi connectivity index (χ3v) is 5.65. The zero-order chi connectivity index (χ0) is 22.7. The van der Waals surface area contributed by atoms with E-state index in [1.807, 2.05) is 12.1 Å². The van der Waals surface area contributed by atoms with Crippen molar-refractivity contribution in [1.29, 1.82) is 0 Å². The number of nitrogens with two attached hydrogens (primary N) is 1. The number of nitrogens with zero attached hydrogens (tertiary/aromatic N) is 2. The van der Waals surface area contributed by atoms with Crippen molar-refractivity contribution < 1.29 is 13.2 Å². The highest BCUT2D eigenvalue weighted by molar-refractivity contribution is 7.78. The minimum absolute atomic E-state index is 0.0935. The van der Waals surface area contributed by atoms with Gasteiger partial charge in [-0.1, -0.05) is 59.6 Å². The molecule has 1 aromatic heterocycles. The molecule has 0 aliphatic heterocycles. The predicted molar refractivity (Wildman–Crippen MR) is 121 cm³/mol. The molecule has 3 aromatic carbocycles. The van der Waals surface area contributed by atoms with E-state index in [1.165, 1.54) is 16.8 Å². The van der Waals surface area contributed by atoms with Gasteiger partial charge in [0.15, 0.2) is 0 Å². The van der Waals surface area contributed by atoms with Gasteiger partial charge in [0.05, 0.1) is 17.4 Å². The molecule has 4 aromatic rings. The lowest BCUT2D eigenvalue weighted by Gasteiger charge is -2.14. The Hall–Kier alpha value is -3.46. The van der Waals surface area contributed by atoms with E-state index in [0.29, 0.717) is 40.0 Å². The fraction of sp³-hybridized carbons (Fsp3) is 0.0833. The second-order valence-electron chi connectivity index (χ2n) is 7.17. The van der Waals surface area contributed by atoms with Gasteiger partial charge in [0.1, 0.15) is 5.82 Å². The molecule has 1 heterocycles. The number of rotatable bonds is 6. The van der Waals surface area contributed by atoms with Crippen molar-refractivity contribution in [3.05, 3.63) is 106 Å². The molecular formula is C24H19FN3O3S-. The number of benzene rings is 3. The van der Waals surface area contributed by atoms with Crippen molar-refractivity contribution in [2.24, 2.45) is 5.73 Å². The van der Waals surface area contributed by atoms with Gasteiger partial charge in [0, 0.05) is 17.9 Å². The molecule has 0 spiro atoms. The summed E-state index contributed by atoms with van der Waals surface area (Å²) >= 11 is -2.19. The number of halogens is 1. The Bertz CT molecular complexity index is 1320. The Morgan fingerprint density at radius 1 is 0.906 bits per heavy atom. The van der Waals surface area contributed by atoms with Crippen LogP contribution in [0.3, 0.4) is 0 Å². The van der Waals surface area contributed by atoms with Crippen LogP contribution in [0.2, 0.25) is 0 Å². The standard InChI is InChI=1S/C24H20FN3O3S/c25-20-9-7-19(8-10-20)23-22(18-5-1-17(2-6-18)15-32(30)31)14-27-28(24(23)29)21-11-3-16(13-26)4-12-21/h1-12,14H,13,15,26H2,(H,30,31)/p-1. The third-order valence-electron chi connectivity index (χ3n) is 5.08. The molecule has 32 heavy (non-hydrogen) atoms. The van der Waals surface area contributed by atoms with E-state index in [-0.39, 0.29) is 11.3 Å². The van der Waals surface area contributed by atoms with Crippen molar-refractivity contribution in [2.45, 2.75) is 12.3 Å². The molecule has 0 aliphatic carbocycles. The van der Waals surface area contributed by atoms with Crippen LogP contribution < -0.4 is 11.3 Å². The summed E-state index contributed by atoms with van der Waals surface area (Å²) in [6, 6.07) is 19.7. The Morgan fingerprint density at radius 3 is 2.09 bits per heavy atom. The average molecular weight is 448 g/mol. The Balaban J connectivity index is 1.88.